The fraction of sp³-hybridized carbons (Fsp3) is 0.286. The molecule has 0 atom stereocenters. The van der Waals surface area contributed by atoms with E-state index in [1.54, 1.807) is 43.1 Å². The van der Waals surface area contributed by atoms with Crippen LogP contribution in [0.1, 0.15) is 12.5 Å². The zero-order chi connectivity index (χ0) is 14.4. The third kappa shape index (κ3) is 3.28. The van der Waals surface area contributed by atoms with E-state index in [1.165, 1.54) is 0 Å². The summed E-state index contributed by atoms with van der Waals surface area (Å²) < 4.78 is 12.7. The summed E-state index contributed by atoms with van der Waals surface area (Å²) >= 11 is 0. The average molecular weight is 275 g/mol. The molecule has 2 rings (SSSR count). The van der Waals surface area contributed by atoms with E-state index in [2.05, 4.69) is 10.3 Å². The molecule has 0 fully saturated rings. The van der Waals surface area contributed by atoms with Gasteiger partial charge in [-0.15, -0.1) is 0 Å². The van der Waals surface area contributed by atoms with Crippen molar-refractivity contribution in [3.8, 4) is 11.5 Å². The third-order valence-electron chi connectivity index (χ3n) is 2.87. The Morgan fingerprint density at radius 3 is 2.95 bits per heavy atom. The Bertz CT molecular complexity index is 579. The number of oxime groups is 1. The number of benzene rings is 1. The smallest absolute Gasteiger partial charge is 0.132 e. The van der Waals surface area contributed by atoms with Gasteiger partial charge in [0.25, 0.3) is 0 Å². The Morgan fingerprint density at radius 2 is 2.30 bits per heavy atom. The molecule has 1 aromatic carbocycles. The van der Waals surface area contributed by atoms with Crippen LogP contribution in [0.5, 0.6) is 11.5 Å². The number of nitrogens with zero attached hydrogens (tertiary/aromatic N) is 3. The van der Waals surface area contributed by atoms with Crippen LogP contribution in [0, 0.1) is 0 Å². The lowest BCUT2D eigenvalue weighted by Crippen LogP contribution is -2.10. The van der Waals surface area contributed by atoms with Gasteiger partial charge < -0.3 is 14.7 Å². The van der Waals surface area contributed by atoms with Crippen LogP contribution in [0.2, 0.25) is 0 Å². The SMILES string of the molecule is COc1ccc(/C(C)=N/O)c(OCCn2cccn2)c1. The van der Waals surface area contributed by atoms with Gasteiger partial charge in [0.05, 0.1) is 19.4 Å². The van der Waals surface area contributed by atoms with Crippen molar-refractivity contribution in [2.24, 2.45) is 5.16 Å². The van der Waals surface area contributed by atoms with E-state index in [4.69, 9.17) is 14.7 Å². The van der Waals surface area contributed by atoms with Crippen molar-refractivity contribution in [2.75, 3.05) is 13.7 Å². The average Bonchev–Trinajstić information content (AvgIpc) is 2.99. The minimum atomic E-state index is 0.459. The molecule has 6 heteroatoms. The molecule has 0 saturated heterocycles. The predicted octanol–water partition coefficient (Wildman–Crippen LogP) is 2.17. The molecule has 0 amide bonds. The molecule has 1 heterocycles. The highest BCUT2D eigenvalue weighted by Gasteiger charge is 2.09. The van der Waals surface area contributed by atoms with E-state index < -0.39 is 0 Å². The van der Waals surface area contributed by atoms with E-state index in [1.807, 2.05) is 12.3 Å². The number of ether oxygens (including phenoxy) is 2. The van der Waals surface area contributed by atoms with Crippen LogP contribution in [0.25, 0.3) is 0 Å². The van der Waals surface area contributed by atoms with Gasteiger partial charge in [-0.2, -0.15) is 5.10 Å². The van der Waals surface area contributed by atoms with Gasteiger partial charge in [-0.1, -0.05) is 5.16 Å². The summed E-state index contributed by atoms with van der Waals surface area (Å²) in [5.74, 6) is 1.31. The fourth-order valence-corrected chi connectivity index (χ4v) is 1.78. The van der Waals surface area contributed by atoms with Crippen molar-refractivity contribution < 1.29 is 14.7 Å². The molecule has 0 unspecified atom stereocenters. The molecular weight excluding hydrogens is 258 g/mol. The van der Waals surface area contributed by atoms with Crippen LogP contribution in [0.3, 0.4) is 0 Å². The largest absolute Gasteiger partial charge is 0.497 e. The second-order valence-corrected chi connectivity index (χ2v) is 4.17. The van der Waals surface area contributed by atoms with Gasteiger partial charge in [-0.25, -0.2) is 0 Å². The molecule has 2 aromatic rings. The van der Waals surface area contributed by atoms with Crippen LogP contribution in [-0.2, 0) is 6.54 Å². The first-order valence-corrected chi connectivity index (χ1v) is 6.22. The Labute approximate surface area is 117 Å². The lowest BCUT2D eigenvalue weighted by atomic mass is 10.1. The summed E-state index contributed by atoms with van der Waals surface area (Å²) in [5, 5.41) is 16.2. The monoisotopic (exact) mass is 275 g/mol. The maximum Gasteiger partial charge on any atom is 0.132 e. The molecule has 106 valence electrons. The van der Waals surface area contributed by atoms with Gasteiger partial charge >= 0.3 is 0 Å². The van der Waals surface area contributed by atoms with Gasteiger partial charge in [-0.05, 0) is 25.1 Å². The van der Waals surface area contributed by atoms with Gasteiger partial charge in [0.2, 0.25) is 0 Å². The minimum absolute atomic E-state index is 0.459. The van der Waals surface area contributed by atoms with Gasteiger partial charge in [-0.3, -0.25) is 4.68 Å². The molecular formula is C14H17N3O3. The first-order valence-electron chi connectivity index (χ1n) is 6.22. The molecule has 0 aliphatic rings. The summed E-state index contributed by atoms with van der Waals surface area (Å²) in [6, 6.07) is 7.23. The Hall–Kier alpha value is -2.50. The van der Waals surface area contributed by atoms with Crippen LogP contribution in [0.4, 0.5) is 0 Å². The van der Waals surface area contributed by atoms with Crippen molar-refractivity contribution in [2.45, 2.75) is 13.5 Å². The molecule has 0 aliphatic carbocycles. The maximum absolute atomic E-state index is 8.90. The summed E-state index contributed by atoms with van der Waals surface area (Å²) in [4.78, 5) is 0. The zero-order valence-electron chi connectivity index (χ0n) is 11.5. The highest BCUT2D eigenvalue weighted by atomic mass is 16.5. The van der Waals surface area contributed by atoms with Crippen LogP contribution in [0.15, 0.2) is 41.8 Å². The van der Waals surface area contributed by atoms with E-state index >= 15 is 0 Å². The molecule has 20 heavy (non-hydrogen) atoms. The summed E-state index contributed by atoms with van der Waals surface area (Å²) in [6.07, 6.45) is 3.59. The van der Waals surface area contributed by atoms with Gasteiger partial charge in [0, 0.05) is 24.0 Å². The molecule has 0 aliphatic heterocycles. The van der Waals surface area contributed by atoms with E-state index in [0.29, 0.717) is 30.4 Å². The lowest BCUT2D eigenvalue weighted by molar-refractivity contribution is 0.288. The summed E-state index contributed by atoms with van der Waals surface area (Å²) in [6.45, 7) is 2.81. The normalized spacial score (nSPS) is 11.4. The molecule has 0 saturated carbocycles. The molecule has 0 spiro atoms. The van der Waals surface area contributed by atoms with Gasteiger partial charge in [0.1, 0.15) is 18.1 Å². The molecule has 1 N–H and O–H groups in total. The number of hydrogen-bond acceptors (Lipinski definition) is 5. The molecule has 1 aromatic heterocycles. The molecule has 0 bridgehead atoms. The first kappa shape index (κ1) is 13.9. The molecule has 0 radical (unpaired) electrons. The van der Waals surface area contributed by atoms with Crippen molar-refractivity contribution in [1.29, 1.82) is 0 Å². The standard InChI is InChI=1S/C14H17N3O3/c1-11(16-18)13-5-4-12(19-2)10-14(13)20-9-8-17-7-3-6-15-17/h3-7,10,18H,8-9H2,1-2H3/b16-11+. The highest BCUT2D eigenvalue weighted by Crippen LogP contribution is 2.25. The Kier molecular flexibility index (Phi) is 4.60. The summed E-state index contributed by atoms with van der Waals surface area (Å²) in [5.41, 5.74) is 1.22. The quantitative estimate of drug-likeness (QED) is 0.498. The predicted molar refractivity (Wildman–Crippen MR) is 74.7 cm³/mol. The van der Waals surface area contributed by atoms with Crippen molar-refractivity contribution in [1.82, 2.24) is 9.78 Å². The van der Waals surface area contributed by atoms with Crippen molar-refractivity contribution in [3.05, 3.63) is 42.2 Å². The summed E-state index contributed by atoms with van der Waals surface area (Å²) in [7, 11) is 1.59. The highest BCUT2D eigenvalue weighted by molar-refractivity contribution is 6.00. The fourth-order valence-electron chi connectivity index (χ4n) is 1.78. The number of hydrogen-bond donors (Lipinski definition) is 1. The van der Waals surface area contributed by atoms with Crippen molar-refractivity contribution >= 4 is 5.71 Å². The number of rotatable bonds is 6. The zero-order valence-corrected chi connectivity index (χ0v) is 11.5. The lowest BCUT2D eigenvalue weighted by Gasteiger charge is -2.12. The van der Waals surface area contributed by atoms with Gasteiger partial charge in [0.15, 0.2) is 0 Å². The Balaban J connectivity index is 2.11. The topological polar surface area (TPSA) is 68.9 Å². The Morgan fingerprint density at radius 1 is 1.45 bits per heavy atom. The number of methoxy groups -OCH3 is 1. The minimum Gasteiger partial charge on any atom is -0.497 e. The van der Waals surface area contributed by atoms with E-state index in [9.17, 15) is 0 Å². The number of aromatic nitrogens is 2. The van der Waals surface area contributed by atoms with Crippen LogP contribution >= 0.6 is 0 Å². The van der Waals surface area contributed by atoms with E-state index in [0.717, 1.165) is 5.56 Å². The first-order chi connectivity index (χ1) is 9.74. The van der Waals surface area contributed by atoms with Crippen LogP contribution in [-0.4, -0.2) is 34.4 Å². The maximum atomic E-state index is 8.90. The molecule has 6 nitrogen and oxygen atoms in total. The second-order valence-electron chi connectivity index (χ2n) is 4.17. The van der Waals surface area contributed by atoms with Crippen LogP contribution < -0.4 is 9.47 Å². The van der Waals surface area contributed by atoms with E-state index in [-0.39, 0.29) is 0 Å². The van der Waals surface area contributed by atoms with Crippen molar-refractivity contribution in [3.63, 3.8) is 0 Å². The third-order valence-corrected chi connectivity index (χ3v) is 2.87. The second kappa shape index (κ2) is 6.60.